The molecule has 1 aliphatic heterocycles. The Morgan fingerprint density at radius 3 is 2.47 bits per heavy atom. The largest absolute Gasteiger partial charge is 0.376 e. The van der Waals surface area contributed by atoms with Gasteiger partial charge in [-0.05, 0) is 29.8 Å². The van der Waals surface area contributed by atoms with Gasteiger partial charge in [-0.2, -0.15) is 5.10 Å². The van der Waals surface area contributed by atoms with Crippen LogP contribution in [0.1, 0.15) is 42.9 Å². The molecule has 0 aliphatic carbocycles. The van der Waals surface area contributed by atoms with E-state index >= 15 is 0 Å². The zero-order valence-corrected chi connectivity index (χ0v) is 16.8. The first-order valence-corrected chi connectivity index (χ1v) is 9.74. The van der Waals surface area contributed by atoms with Crippen molar-refractivity contribution in [1.82, 2.24) is 19.7 Å². The number of aromatic nitrogens is 4. The van der Waals surface area contributed by atoms with E-state index in [1.165, 1.54) is 24.3 Å². The quantitative estimate of drug-likeness (QED) is 0.519. The number of aromatic amines is 1. The van der Waals surface area contributed by atoms with Gasteiger partial charge in [0.2, 0.25) is 0 Å². The maximum absolute atomic E-state index is 14.2. The summed E-state index contributed by atoms with van der Waals surface area (Å²) in [6, 6.07) is 8.28. The Kier molecular flexibility index (Phi) is 5.07. The lowest BCUT2D eigenvalue weighted by Gasteiger charge is -2.34. The summed E-state index contributed by atoms with van der Waals surface area (Å²) < 4.78 is 29.5. The van der Waals surface area contributed by atoms with E-state index in [2.05, 4.69) is 20.5 Å². The van der Waals surface area contributed by atoms with E-state index in [0.29, 0.717) is 16.8 Å². The van der Waals surface area contributed by atoms with Crippen LogP contribution in [-0.2, 0) is 7.05 Å². The predicted octanol–water partition coefficient (Wildman–Crippen LogP) is 4.26. The first-order chi connectivity index (χ1) is 14.5. The second-order valence-electron chi connectivity index (χ2n) is 6.86. The molecule has 5 rings (SSSR count). The topological polar surface area (TPSA) is 75.6 Å². The van der Waals surface area contributed by atoms with Gasteiger partial charge in [0, 0.05) is 30.5 Å². The first kappa shape index (κ1) is 19.8. The molecule has 1 aliphatic rings. The predicted molar refractivity (Wildman–Crippen MR) is 111 cm³/mol. The number of nitrogens with zero attached hydrogens (tertiary/aromatic N) is 3. The molecule has 0 spiro atoms. The summed E-state index contributed by atoms with van der Waals surface area (Å²) in [5, 5.41) is 10.9. The Hall–Kier alpha value is -3.55. The Labute approximate surface area is 171 Å². The second-order valence-corrected chi connectivity index (χ2v) is 6.86. The molecule has 6 nitrogen and oxygen atoms in total. The van der Waals surface area contributed by atoms with Crippen LogP contribution in [0, 0.1) is 11.6 Å². The van der Waals surface area contributed by atoms with Gasteiger partial charge in [-0.3, -0.25) is 4.79 Å². The van der Waals surface area contributed by atoms with Gasteiger partial charge >= 0.3 is 0 Å². The van der Waals surface area contributed by atoms with Crippen LogP contribution < -0.4 is 10.9 Å². The van der Waals surface area contributed by atoms with E-state index in [0.717, 1.165) is 11.4 Å². The van der Waals surface area contributed by atoms with E-state index in [9.17, 15) is 13.6 Å². The number of aryl methyl sites for hydroxylation is 1. The Balaban J connectivity index is 0.00000106. The lowest BCUT2D eigenvalue weighted by molar-refractivity contribution is 0.578. The minimum Gasteiger partial charge on any atom is -0.376 e. The van der Waals surface area contributed by atoms with Crippen LogP contribution in [-0.4, -0.2) is 19.7 Å². The Morgan fingerprint density at radius 1 is 1.07 bits per heavy atom. The summed E-state index contributed by atoms with van der Waals surface area (Å²) in [4.78, 5) is 16.7. The molecule has 0 radical (unpaired) electrons. The van der Waals surface area contributed by atoms with Gasteiger partial charge in [-0.15, -0.1) is 0 Å². The molecule has 0 saturated heterocycles. The monoisotopic (exact) mass is 409 g/mol. The van der Waals surface area contributed by atoms with Gasteiger partial charge in [-0.1, -0.05) is 26.0 Å². The van der Waals surface area contributed by atoms with Crippen molar-refractivity contribution in [2.24, 2.45) is 7.05 Å². The molecule has 2 atom stereocenters. The average molecular weight is 409 g/mol. The molecular weight excluding hydrogens is 388 g/mol. The SMILES string of the molecule is CC.Cn1ccnc1C1c2n[nH]c(=O)c3cc(F)cc(c23)NC1c1ccc(F)cc1. The molecule has 2 aromatic heterocycles. The lowest BCUT2D eigenvalue weighted by atomic mass is 9.83. The van der Waals surface area contributed by atoms with E-state index in [1.54, 1.807) is 18.3 Å². The van der Waals surface area contributed by atoms with Crippen molar-refractivity contribution in [1.29, 1.82) is 0 Å². The number of imidazole rings is 1. The standard InChI is InChI=1S/C20H15F2N5O.C2H6/c1-27-7-6-23-19(27)16-17(10-2-4-11(21)5-3-10)24-14-9-12(22)8-13-15(14)18(16)25-26-20(13)28;1-2/h2-9,16-17,24H,1H3,(H,26,28);1-2H3. The number of hydrogen-bond donors (Lipinski definition) is 2. The normalized spacial score (nSPS) is 17.2. The van der Waals surface area contributed by atoms with Crippen LogP contribution in [0.15, 0.2) is 53.6 Å². The summed E-state index contributed by atoms with van der Waals surface area (Å²) >= 11 is 0. The zero-order chi connectivity index (χ0) is 21.4. The molecule has 154 valence electrons. The van der Waals surface area contributed by atoms with Gasteiger partial charge in [0.05, 0.1) is 23.0 Å². The minimum atomic E-state index is -0.522. The van der Waals surface area contributed by atoms with Gasteiger partial charge < -0.3 is 9.88 Å². The van der Waals surface area contributed by atoms with Gasteiger partial charge in [0.1, 0.15) is 17.5 Å². The molecule has 8 heteroatoms. The van der Waals surface area contributed by atoms with Crippen molar-refractivity contribution < 1.29 is 8.78 Å². The third-order valence-electron chi connectivity index (χ3n) is 5.19. The summed E-state index contributed by atoms with van der Waals surface area (Å²) in [6.07, 6.45) is 3.50. The third kappa shape index (κ3) is 3.14. The molecule has 0 amide bonds. The van der Waals surface area contributed by atoms with Crippen LogP contribution in [0.4, 0.5) is 14.5 Å². The van der Waals surface area contributed by atoms with Crippen LogP contribution in [0.5, 0.6) is 0 Å². The smallest absolute Gasteiger partial charge is 0.272 e. The highest BCUT2D eigenvalue weighted by Crippen LogP contribution is 2.45. The molecule has 2 aromatic carbocycles. The molecule has 4 aromatic rings. The number of rotatable bonds is 2. The Morgan fingerprint density at radius 2 is 1.80 bits per heavy atom. The van der Waals surface area contributed by atoms with E-state index in [1.807, 2.05) is 31.7 Å². The number of benzene rings is 2. The molecule has 0 bridgehead atoms. The van der Waals surface area contributed by atoms with Gasteiger partial charge in [-0.25, -0.2) is 18.9 Å². The van der Waals surface area contributed by atoms with E-state index < -0.39 is 11.4 Å². The van der Waals surface area contributed by atoms with Gasteiger partial charge in [0.15, 0.2) is 0 Å². The van der Waals surface area contributed by atoms with Crippen molar-refractivity contribution in [3.63, 3.8) is 0 Å². The molecule has 3 heterocycles. The molecule has 2 unspecified atom stereocenters. The zero-order valence-electron chi connectivity index (χ0n) is 16.8. The van der Waals surface area contributed by atoms with Gasteiger partial charge in [0.25, 0.3) is 5.56 Å². The molecule has 30 heavy (non-hydrogen) atoms. The molecule has 0 saturated carbocycles. The van der Waals surface area contributed by atoms with E-state index in [-0.39, 0.29) is 23.2 Å². The summed E-state index contributed by atoms with van der Waals surface area (Å²) in [5.41, 5.74) is 1.40. The third-order valence-corrected chi connectivity index (χ3v) is 5.19. The maximum atomic E-state index is 14.2. The fraction of sp³-hybridized carbons (Fsp3) is 0.227. The fourth-order valence-electron chi connectivity index (χ4n) is 3.93. The minimum absolute atomic E-state index is 0.226. The highest BCUT2D eigenvalue weighted by Gasteiger charge is 2.37. The van der Waals surface area contributed by atoms with Crippen LogP contribution in [0.3, 0.4) is 0 Å². The number of anilines is 1. The van der Waals surface area contributed by atoms with Crippen LogP contribution >= 0.6 is 0 Å². The summed E-state index contributed by atoms with van der Waals surface area (Å²) in [6.45, 7) is 4.00. The molecule has 0 fully saturated rings. The molecular formula is C22H21F2N5O. The average Bonchev–Trinajstić information content (AvgIpc) is 3.17. The van der Waals surface area contributed by atoms with Crippen molar-refractivity contribution in [3.8, 4) is 0 Å². The van der Waals surface area contributed by atoms with Crippen molar-refractivity contribution in [3.05, 3.63) is 87.9 Å². The summed E-state index contributed by atoms with van der Waals surface area (Å²) in [7, 11) is 1.87. The number of hydrogen-bond acceptors (Lipinski definition) is 4. The van der Waals surface area contributed by atoms with Crippen molar-refractivity contribution in [2.75, 3.05) is 5.32 Å². The highest BCUT2D eigenvalue weighted by atomic mass is 19.1. The maximum Gasteiger partial charge on any atom is 0.272 e. The number of halogens is 2. The van der Waals surface area contributed by atoms with Crippen molar-refractivity contribution >= 4 is 16.5 Å². The fourth-order valence-corrected chi connectivity index (χ4v) is 3.93. The number of H-pyrrole nitrogens is 1. The lowest BCUT2D eigenvalue weighted by Crippen LogP contribution is -2.29. The number of nitrogens with one attached hydrogen (secondary N) is 2. The summed E-state index contributed by atoms with van der Waals surface area (Å²) in [5.74, 6) is -0.518. The van der Waals surface area contributed by atoms with Crippen LogP contribution in [0.25, 0.3) is 10.8 Å². The first-order valence-electron chi connectivity index (χ1n) is 9.74. The van der Waals surface area contributed by atoms with E-state index in [4.69, 9.17) is 0 Å². The highest BCUT2D eigenvalue weighted by molar-refractivity contribution is 5.97. The molecule has 2 N–H and O–H groups in total. The second kappa shape index (κ2) is 7.70. The van der Waals surface area contributed by atoms with Crippen LogP contribution in [0.2, 0.25) is 0 Å². The van der Waals surface area contributed by atoms with Crippen molar-refractivity contribution in [2.45, 2.75) is 25.8 Å². The Bertz CT molecular complexity index is 1260.